The third-order valence-corrected chi connectivity index (χ3v) is 2.66. The highest BCUT2D eigenvalue weighted by atomic mass is 19.4. The third-order valence-electron chi connectivity index (χ3n) is 2.66. The fourth-order valence-electron chi connectivity index (χ4n) is 1.53. The molecule has 1 aromatic rings. The maximum Gasteiger partial charge on any atom is 0.450 e. The van der Waals surface area contributed by atoms with Crippen LogP contribution < -0.4 is 0 Å². The molecular weight excluding hydrogens is 255 g/mol. The van der Waals surface area contributed by atoms with Crippen molar-refractivity contribution in [3.05, 3.63) is 41.2 Å². The normalized spacial score (nSPS) is 13.7. The molecule has 1 aromatic carbocycles. The quantitative estimate of drug-likeness (QED) is 0.608. The Kier molecular flexibility index (Phi) is 3.94. The first-order chi connectivity index (χ1) is 8.57. The molecule has 0 saturated carbocycles. The van der Waals surface area contributed by atoms with Crippen LogP contribution in [0.5, 0.6) is 0 Å². The summed E-state index contributed by atoms with van der Waals surface area (Å²) in [6.45, 7) is 5.91. The lowest BCUT2D eigenvalue weighted by Gasteiger charge is -2.19. The van der Waals surface area contributed by atoms with Crippen molar-refractivity contribution >= 4 is 5.57 Å². The zero-order valence-electron chi connectivity index (χ0n) is 10.8. The highest BCUT2D eigenvalue weighted by molar-refractivity contribution is 5.78. The Morgan fingerprint density at radius 2 is 1.58 bits per heavy atom. The van der Waals surface area contributed by atoms with Crippen LogP contribution in [0.25, 0.3) is 5.57 Å². The molecule has 0 atom stereocenters. The van der Waals surface area contributed by atoms with E-state index >= 15 is 0 Å². The molecule has 0 amide bonds. The summed E-state index contributed by atoms with van der Waals surface area (Å²) >= 11 is 0. The number of benzene rings is 1. The molecule has 2 nitrogen and oxygen atoms in total. The molecule has 0 radical (unpaired) electrons. The van der Waals surface area contributed by atoms with Gasteiger partial charge in [-0.1, -0.05) is 45.0 Å². The standard InChI is InChI=1S/C14H14F3NO/c1-13(2,3)10-6-4-9(5-7-10)11(8-18)12(19)14(15,16)17/h4-7,19H,1-3H3. The lowest BCUT2D eigenvalue weighted by molar-refractivity contribution is -0.119. The molecule has 102 valence electrons. The van der Waals surface area contributed by atoms with Gasteiger partial charge in [0, 0.05) is 0 Å². The summed E-state index contributed by atoms with van der Waals surface area (Å²) in [6.07, 6.45) is -4.92. The summed E-state index contributed by atoms with van der Waals surface area (Å²) in [5, 5.41) is 17.8. The molecule has 0 saturated heterocycles. The molecular formula is C14H14F3NO. The molecule has 1 N–H and O–H groups in total. The van der Waals surface area contributed by atoms with Crippen molar-refractivity contribution in [1.82, 2.24) is 0 Å². The molecule has 0 aliphatic rings. The summed E-state index contributed by atoms with van der Waals surface area (Å²) in [4.78, 5) is 0. The summed E-state index contributed by atoms with van der Waals surface area (Å²) in [5.74, 6) is -1.86. The van der Waals surface area contributed by atoms with Gasteiger partial charge in [0.1, 0.15) is 11.6 Å². The maximum absolute atomic E-state index is 12.4. The Morgan fingerprint density at radius 3 is 1.89 bits per heavy atom. The molecule has 1 rings (SSSR count). The number of rotatable bonds is 1. The zero-order valence-corrected chi connectivity index (χ0v) is 10.8. The largest absolute Gasteiger partial charge is 0.503 e. The average Bonchev–Trinajstić information content (AvgIpc) is 2.28. The van der Waals surface area contributed by atoms with Crippen molar-refractivity contribution in [2.75, 3.05) is 0 Å². The summed E-state index contributed by atoms with van der Waals surface area (Å²) < 4.78 is 37.1. The van der Waals surface area contributed by atoms with E-state index in [1.54, 1.807) is 12.1 Å². The van der Waals surface area contributed by atoms with Crippen molar-refractivity contribution in [3.63, 3.8) is 0 Å². The Balaban J connectivity index is 3.28. The van der Waals surface area contributed by atoms with Crippen LogP contribution in [-0.2, 0) is 5.41 Å². The van der Waals surface area contributed by atoms with Crippen LogP contribution in [0.4, 0.5) is 13.2 Å². The van der Waals surface area contributed by atoms with Crippen LogP contribution in [0, 0.1) is 11.3 Å². The highest BCUT2D eigenvalue weighted by Crippen LogP contribution is 2.31. The minimum Gasteiger partial charge on any atom is -0.503 e. The van der Waals surface area contributed by atoms with Crippen LogP contribution in [0.3, 0.4) is 0 Å². The smallest absolute Gasteiger partial charge is 0.450 e. The third kappa shape index (κ3) is 3.50. The lowest BCUT2D eigenvalue weighted by atomic mass is 9.86. The summed E-state index contributed by atoms with van der Waals surface area (Å²) in [5.41, 5.74) is 0.0690. The van der Waals surface area contributed by atoms with E-state index in [1.165, 1.54) is 18.2 Å². The first-order valence-corrected chi connectivity index (χ1v) is 5.59. The van der Waals surface area contributed by atoms with Gasteiger partial charge in [0.05, 0.1) is 0 Å². The predicted molar refractivity (Wildman–Crippen MR) is 66.4 cm³/mol. The Labute approximate surface area is 109 Å². The topological polar surface area (TPSA) is 44.0 Å². The lowest BCUT2D eigenvalue weighted by Crippen LogP contribution is -2.14. The van der Waals surface area contributed by atoms with Crippen LogP contribution in [-0.4, -0.2) is 11.3 Å². The SMILES string of the molecule is CC(C)(C)c1ccc(C(C#N)=C(O)C(F)(F)F)cc1. The number of alkyl halides is 3. The predicted octanol–water partition coefficient (Wildman–Crippen LogP) is 4.34. The van der Waals surface area contributed by atoms with Crippen molar-refractivity contribution in [2.24, 2.45) is 0 Å². The van der Waals surface area contributed by atoms with Gasteiger partial charge in [-0.15, -0.1) is 0 Å². The maximum atomic E-state index is 12.4. The first kappa shape index (κ1) is 15.1. The van der Waals surface area contributed by atoms with Crippen molar-refractivity contribution in [2.45, 2.75) is 32.4 Å². The zero-order chi connectivity index (χ0) is 14.8. The van der Waals surface area contributed by atoms with E-state index in [0.717, 1.165) is 5.56 Å². The van der Waals surface area contributed by atoms with E-state index in [-0.39, 0.29) is 11.0 Å². The molecule has 0 heterocycles. The van der Waals surface area contributed by atoms with Crippen molar-refractivity contribution in [3.8, 4) is 6.07 Å². The van der Waals surface area contributed by atoms with Gasteiger partial charge in [0.2, 0.25) is 5.76 Å². The molecule has 0 unspecified atom stereocenters. The van der Waals surface area contributed by atoms with E-state index in [2.05, 4.69) is 0 Å². The molecule has 0 spiro atoms. The van der Waals surface area contributed by atoms with E-state index in [0.29, 0.717) is 0 Å². The van der Waals surface area contributed by atoms with Gasteiger partial charge in [0.25, 0.3) is 0 Å². The molecule has 5 heteroatoms. The number of nitrogens with zero attached hydrogens (tertiary/aromatic N) is 1. The molecule has 0 aliphatic heterocycles. The average molecular weight is 269 g/mol. The first-order valence-electron chi connectivity index (χ1n) is 5.59. The monoisotopic (exact) mass is 269 g/mol. The fraction of sp³-hybridized carbons (Fsp3) is 0.357. The number of halogens is 3. The van der Waals surface area contributed by atoms with Gasteiger partial charge >= 0.3 is 6.18 Å². The molecule has 19 heavy (non-hydrogen) atoms. The van der Waals surface area contributed by atoms with E-state index < -0.39 is 17.5 Å². The van der Waals surface area contributed by atoms with Gasteiger partial charge in [-0.05, 0) is 16.5 Å². The van der Waals surface area contributed by atoms with E-state index in [4.69, 9.17) is 10.4 Å². The van der Waals surface area contributed by atoms with Gasteiger partial charge in [-0.2, -0.15) is 18.4 Å². The van der Waals surface area contributed by atoms with Gasteiger partial charge in [-0.25, -0.2) is 0 Å². The Hall–Kier alpha value is -1.96. The van der Waals surface area contributed by atoms with Crippen molar-refractivity contribution < 1.29 is 18.3 Å². The number of aliphatic hydroxyl groups is 1. The van der Waals surface area contributed by atoms with Crippen LogP contribution >= 0.6 is 0 Å². The number of nitriles is 1. The van der Waals surface area contributed by atoms with E-state index in [1.807, 2.05) is 20.8 Å². The van der Waals surface area contributed by atoms with Crippen LogP contribution in [0.1, 0.15) is 31.9 Å². The highest BCUT2D eigenvalue weighted by Gasteiger charge is 2.37. The molecule has 0 fully saturated rings. The number of allylic oxidation sites excluding steroid dienone is 2. The minimum absolute atomic E-state index is 0.0466. The number of hydrogen-bond donors (Lipinski definition) is 1. The molecule has 0 aromatic heterocycles. The molecule has 0 aliphatic carbocycles. The second kappa shape index (κ2) is 4.96. The van der Waals surface area contributed by atoms with Gasteiger partial charge in [-0.3, -0.25) is 0 Å². The fourth-order valence-corrected chi connectivity index (χ4v) is 1.53. The Bertz CT molecular complexity index is 528. The van der Waals surface area contributed by atoms with Crippen LogP contribution in [0.2, 0.25) is 0 Å². The summed E-state index contributed by atoms with van der Waals surface area (Å²) in [7, 11) is 0. The second-order valence-corrected chi connectivity index (χ2v) is 5.16. The van der Waals surface area contributed by atoms with E-state index in [9.17, 15) is 13.2 Å². The Morgan fingerprint density at radius 1 is 1.11 bits per heavy atom. The van der Waals surface area contributed by atoms with Crippen LogP contribution in [0.15, 0.2) is 30.0 Å². The summed E-state index contributed by atoms with van der Waals surface area (Å²) in [6, 6.07) is 7.50. The van der Waals surface area contributed by atoms with Gasteiger partial charge in [0.15, 0.2) is 0 Å². The number of hydrogen-bond acceptors (Lipinski definition) is 2. The second-order valence-electron chi connectivity index (χ2n) is 5.16. The minimum atomic E-state index is -4.92. The van der Waals surface area contributed by atoms with Crippen molar-refractivity contribution in [1.29, 1.82) is 5.26 Å². The molecule has 0 bridgehead atoms. The number of aliphatic hydroxyl groups excluding tert-OH is 1. The van der Waals surface area contributed by atoms with Gasteiger partial charge < -0.3 is 5.11 Å².